The molecule has 0 spiro atoms. The molecule has 2 N–H and O–H groups in total. The Balaban J connectivity index is 1.13. The van der Waals surface area contributed by atoms with Crippen LogP contribution in [0.4, 0.5) is 11.4 Å². The van der Waals surface area contributed by atoms with Gasteiger partial charge in [-0.1, -0.05) is 49.2 Å². The molecule has 49 heavy (non-hydrogen) atoms. The van der Waals surface area contributed by atoms with Crippen LogP contribution in [-0.4, -0.2) is 54.8 Å². The number of nitrogens with one attached hydrogen (secondary N) is 2. The van der Waals surface area contributed by atoms with Crippen molar-refractivity contribution in [2.75, 3.05) is 31.3 Å². The van der Waals surface area contributed by atoms with Crippen molar-refractivity contribution < 1.29 is 22.9 Å². The van der Waals surface area contributed by atoms with E-state index in [2.05, 4.69) is 16.0 Å². The summed E-state index contributed by atoms with van der Waals surface area (Å²) in [5.41, 5.74) is 3.66. The number of benzene rings is 4. The summed E-state index contributed by atoms with van der Waals surface area (Å²) < 4.78 is 36.0. The Hall–Kier alpha value is -4.72. The Bertz CT molecular complexity index is 2060. The summed E-state index contributed by atoms with van der Waals surface area (Å²) in [6.07, 6.45) is 5.44. The van der Waals surface area contributed by atoms with Crippen LogP contribution >= 0.6 is 11.8 Å². The van der Waals surface area contributed by atoms with Crippen molar-refractivity contribution >= 4 is 50.1 Å². The van der Waals surface area contributed by atoms with E-state index in [0.717, 1.165) is 58.2 Å². The number of nitro groups is 1. The number of hydrogen-bond acceptors (Lipinski definition) is 9. The Labute approximate surface area is 289 Å². The number of anilines is 1. The molecule has 0 aliphatic heterocycles. The maximum Gasteiger partial charge on any atom is 0.293 e. The molecule has 1 aromatic heterocycles. The standard InChI is InChI=1S/C36H37N5O6S2/c1-47-21-19-35-38-32-23-27(15-18-33(32)40(35)28-7-5-6-8-28)25-11-13-26(14-12-25)36(42)39-49(45,46)30-16-17-31(34(24-30)41(43)44)37-20-22-48-29-9-3-2-4-10-29/h2-4,9-18,23-24,28,37H,5-8,19-22H2,1H3,(H,39,42). The highest BCUT2D eigenvalue weighted by molar-refractivity contribution is 7.99. The second kappa shape index (κ2) is 15.2. The SMILES string of the molecule is COCCc1nc2cc(-c3ccc(C(=O)NS(=O)(=O)c4ccc(NCCSc5ccccc5)c([N+](=O)[O-])c4)cc3)ccc2n1C1CCCC1. The van der Waals surface area contributed by atoms with E-state index >= 15 is 0 Å². The van der Waals surface area contributed by atoms with Crippen molar-refractivity contribution in [1.29, 1.82) is 0 Å². The molecule has 1 saturated carbocycles. The van der Waals surface area contributed by atoms with Crippen LogP contribution in [0.5, 0.6) is 0 Å². The number of carbonyl (C=O) groups excluding carboxylic acids is 1. The highest BCUT2D eigenvalue weighted by Gasteiger charge is 2.25. The molecule has 6 rings (SSSR count). The van der Waals surface area contributed by atoms with Crippen molar-refractivity contribution in [3.8, 4) is 11.1 Å². The number of hydrogen-bond donors (Lipinski definition) is 2. The maximum absolute atomic E-state index is 13.1. The molecule has 1 aliphatic rings. The van der Waals surface area contributed by atoms with Gasteiger partial charge in [0.05, 0.1) is 27.5 Å². The number of carbonyl (C=O) groups is 1. The number of sulfonamides is 1. The van der Waals surface area contributed by atoms with Crippen LogP contribution in [0.25, 0.3) is 22.2 Å². The zero-order valence-electron chi connectivity index (χ0n) is 27.0. The molecular weight excluding hydrogens is 663 g/mol. The molecule has 0 radical (unpaired) electrons. The molecule has 13 heteroatoms. The maximum atomic E-state index is 13.1. The molecule has 1 fully saturated rings. The zero-order chi connectivity index (χ0) is 34.4. The molecule has 1 aliphatic carbocycles. The second-order valence-corrected chi connectivity index (χ2v) is 14.7. The first kappa shape index (κ1) is 34.2. The zero-order valence-corrected chi connectivity index (χ0v) is 28.6. The number of fused-ring (bicyclic) bond motifs is 1. The monoisotopic (exact) mass is 699 g/mol. The number of methoxy groups -OCH3 is 1. The molecule has 0 saturated heterocycles. The lowest BCUT2D eigenvalue weighted by Gasteiger charge is -2.16. The van der Waals surface area contributed by atoms with Gasteiger partial charge in [0.15, 0.2) is 0 Å². The fraction of sp³-hybridized carbons (Fsp3) is 0.278. The largest absolute Gasteiger partial charge is 0.384 e. The molecule has 0 atom stereocenters. The van der Waals surface area contributed by atoms with E-state index in [-0.39, 0.29) is 16.1 Å². The molecule has 1 heterocycles. The van der Waals surface area contributed by atoms with Crippen LogP contribution in [-0.2, 0) is 21.2 Å². The van der Waals surface area contributed by atoms with E-state index < -0.39 is 26.5 Å². The number of nitrogens with zero attached hydrogens (tertiary/aromatic N) is 3. The summed E-state index contributed by atoms with van der Waals surface area (Å²) in [5.74, 6) is 0.817. The number of imidazole rings is 1. The number of aromatic nitrogens is 2. The minimum atomic E-state index is -4.40. The average molecular weight is 700 g/mol. The Morgan fingerprint density at radius 2 is 1.73 bits per heavy atom. The first-order valence-corrected chi connectivity index (χ1v) is 18.6. The number of thioether (sulfide) groups is 1. The van der Waals surface area contributed by atoms with Gasteiger partial charge in [-0.05, 0) is 72.5 Å². The molecule has 0 unspecified atom stereocenters. The Kier molecular flexibility index (Phi) is 10.6. The predicted octanol–water partition coefficient (Wildman–Crippen LogP) is 7.24. The van der Waals surface area contributed by atoms with Gasteiger partial charge in [0.2, 0.25) is 0 Å². The number of nitro benzene ring substituents is 1. The Morgan fingerprint density at radius 1 is 1.00 bits per heavy atom. The lowest BCUT2D eigenvalue weighted by molar-refractivity contribution is -0.384. The molecular formula is C36H37N5O6S2. The van der Waals surface area contributed by atoms with E-state index in [1.54, 1.807) is 43.1 Å². The van der Waals surface area contributed by atoms with Gasteiger partial charge in [0.25, 0.3) is 21.6 Å². The number of amides is 1. The topological polar surface area (TPSA) is 145 Å². The second-order valence-electron chi connectivity index (χ2n) is 11.8. The lowest BCUT2D eigenvalue weighted by Crippen LogP contribution is -2.30. The van der Waals surface area contributed by atoms with Gasteiger partial charge in [-0.3, -0.25) is 14.9 Å². The first-order valence-electron chi connectivity index (χ1n) is 16.1. The van der Waals surface area contributed by atoms with Crippen molar-refractivity contribution in [1.82, 2.24) is 14.3 Å². The highest BCUT2D eigenvalue weighted by Crippen LogP contribution is 2.35. The van der Waals surface area contributed by atoms with Crippen molar-refractivity contribution in [3.05, 3.63) is 112 Å². The number of rotatable bonds is 14. The molecule has 11 nitrogen and oxygen atoms in total. The number of ether oxygens (including phenoxy) is 1. The van der Waals surface area contributed by atoms with Crippen LogP contribution in [0.3, 0.4) is 0 Å². The third-order valence-electron chi connectivity index (χ3n) is 8.60. The minimum absolute atomic E-state index is 0.129. The smallest absolute Gasteiger partial charge is 0.293 e. The summed E-state index contributed by atoms with van der Waals surface area (Å²) >= 11 is 1.59. The van der Waals surface area contributed by atoms with E-state index in [9.17, 15) is 23.3 Å². The minimum Gasteiger partial charge on any atom is -0.384 e. The van der Waals surface area contributed by atoms with Crippen LogP contribution < -0.4 is 10.0 Å². The van der Waals surface area contributed by atoms with Gasteiger partial charge in [-0.2, -0.15) is 0 Å². The normalized spacial score (nSPS) is 13.5. The van der Waals surface area contributed by atoms with E-state index in [0.29, 0.717) is 24.9 Å². The molecule has 254 valence electrons. The first-order chi connectivity index (χ1) is 23.7. The van der Waals surface area contributed by atoms with E-state index in [1.807, 2.05) is 47.2 Å². The third kappa shape index (κ3) is 7.96. The van der Waals surface area contributed by atoms with Crippen molar-refractivity contribution in [2.45, 2.75) is 47.9 Å². The quantitative estimate of drug-likeness (QED) is 0.0530. The third-order valence-corrected chi connectivity index (χ3v) is 10.9. The van der Waals surface area contributed by atoms with Crippen LogP contribution in [0.15, 0.2) is 101 Å². The van der Waals surface area contributed by atoms with Gasteiger partial charge in [0, 0.05) is 48.4 Å². The molecule has 1 amide bonds. The highest BCUT2D eigenvalue weighted by atomic mass is 32.2. The van der Waals surface area contributed by atoms with E-state index in [4.69, 9.17) is 9.72 Å². The molecule has 4 aromatic carbocycles. The average Bonchev–Trinajstić information content (AvgIpc) is 3.77. The van der Waals surface area contributed by atoms with Gasteiger partial charge < -0.3 is 14.6 Å². The summed E-state index contributed by atoms with van der Waals surface area (Å²) in [6.45, 7) is 1.02. The summed E-state index contributed by atoms with van der Waals surface area (Å²) in [6, 6.07) is 26.5. The van der Waals surface area contributed by atoms with Gasteiger partial charge in [-0.25, -0.2) is 18.1 Å². The summed E-state index contributed by atoms with van der Waals surface area (Å²) in [7, 11) is -2.71. The summed E-state index contributed by atoms with van der Waals surface area (Å²) in [5, 5.41) is 14.8. The lowest BCUT2D eigenvalue weighted by atomic mass is 10.0. The van der Waals surface area contributed by atoms with Crippen LogP contribution in [0.2, 0.25) is 0 Å². The molecule has 0 bridgehead atoms. The van der Waals surface area contributed by atoms with E-state index in [1.165, 1.54) is 25.0 Å². The van der Waals surface area contributed by atoms with Crippen molar-refractivity contribution in [2.24, 2.45) is 0 Å². The predicted molar refractivity (Wildman–Crippen MR) is 192 cm³/mol. The Morgan fingerprint density at radius 3 is 2.45 bits per heavy atom. The van der Waals surface area contributed by atoms with Crippen LogP contribution in [0.1, 0.15) is 47.9 Å². The van der Waals surface area contributed by atoms with Gasteiger partial charge >= 0.3 is 0 Å². The van der Waals surface area contributed by atoms with Gasteiger partial charge in [0.1, 0.15) is 11.5 Å². The van der Waals surface area contributed by atoms with Gasteiger partial charge in [-0.15, -0.1) is 11.8 Å². The fourth-order valence-corrected chi connectivity index (χ4v) is 7.96. The summed E-state index contributed by atoms with van der Waals surface area (Å²) in [4.78, 5) is 29.8. The molecule has 5 aromatic rings. The fourth-order valence-electron chi connectivity index (χ4n) is 6.17. The van der Waals surface area contributed by atoms with Crippen LogP contribution in [0, 0.1) is 10.1 Å². The van der Waals surface area contributed by atoms with Crippen molar-refractivity contribution in [3.63, 3.8) is 0 Å².